The van der Waals surface area contributed by atoms with E-state index in [9.17, 15) is 4.39 Å². The van der Waals surface area contributed by atoms with E-state index in [1.165, 1.54) is 0 Å². The number of aryl methyl sites for hydroxylation is 1. The van der Waals surface area contributed by atoms with E-state index in [1.54, 1.807) is 13.0 Å². The molecule has 0 atom stereocenters. The van der Waals surface area contributed by atoms with Gasteiger partial charge in [0.15, 0.2) is 0 Å². The first-order valence-corrected chi connectivity index (χ1v) is 3.70. The quantitative estimate of drug-likeness (QED) is 0.615. The van der Waals surface area contributed by atoms with Crippen LogP contribution in [0.4, 0.5) is 10.1 Å². The number of halogens is 1. The third-order valence-electron chi connectivity index (χ3n) is 1.91. The Balaban J connectivity index is 3.25. The molecule has 11 heavy (non-hydrogen) atoms. The number of nitrogens with two attached hydrogens (primary N) is 1. The summed E-state index contributed by atoms with van der Waals surface area (Å²) >= 11 is 0. The van der Waals surface area contributed by atoms with Gasteiger partial charge in [-0.25, -0.2) is 4.39 Å². The van der Waals surface area contributed by atoms with Crippen molar-refractivity contribution in [3.8, 4) is 0 Å². The van der Waals surface area contributed by atoms with Crippen LogP contribution in [0.15, 0.2) is 12.1 Å². The molecule has 1 rings (SSSR count). The Labute approximate surface area is 66.0 Å². The molecular formula is C9H12FN. The Morgan fingerprint density at radius 3 is 2.64 bits per heavy atom. The van der Waals surface area contributed by atoms with Crippen molar-refractivity contribution in [3.05, 3.63) is 29.1 Å². The van der Waals surface area contributed by atoms with Crippen LogP contribution in [0.2, 0.25) is 0 Å². The average molecular weight is 153 g/mol. The van der Waals surface area contributed by atoms with E-state index >= 15 is 0 Å². The molecule has 0 aromatic heterocycles. The van der Waals surface area contributed by atoms with Gasteiger partial charge in [-0.1, -0.05) is 13.0 Å². The van der Waals surface area contributed by atoms with Crippen molar-refractivity contribution in [2.45, 2.75) is 20.3 Å². The van der Waals surface area contributed by atoms with Gasteiger partial charge in [0.25, 0.3) is 0 Å². The molecule has 2 heteroatoms. The van der Waals surface area contributed by atoms with Crippen LogP contribution >= 0.6 is 0 Å². The summed E-state index contributed by atoms with van der Waals surface area (Å²) in [6.45, 7) is 3.75. The summed E-state index contributed by atoms with van der Waals surface area (Å²) in [6.07, 6.45) is 0.850. The smallest absolute Gasteiger partial charge is 0.149 e. The monoisotopic (exact) mass is 153 g/mol. The minimum Gasteiger partial charge on any atom is -0.396 e. The van der Waals surface area contributed by atoms with E-state index in [0.717, 1.165) is 12.0 Å². The maximum atomic E-state index is 13.1. The van der Waals surface area contributed by atoms with E-state index in [0.29, 0.717) is 5.56 Å². The van der Waals surface area contributed by atoms with Crippen LogP contribution in [0.5, 0.6) is 0 Å². The number of nitrogen functional groups attached to an aromatic ring is 1. The molecule has 0 amide bonds. The van der Waals surface area contributed by atoms with E-state index in [2.05, 4.69) is 0 Å². The Morgan fingerprint density at radius 1 is 1.45 bits per heavy atom. The molecule has 0 fully saturated rings. The standard InChI is InChI=1S/C9H12FN/c1-3-7-4-5-8(11)9(10)6(7)2/h4-5H,3,11H2,1-2H3. The molecular weight excluding hydrogens is 141 g/mol. The van der Waals surface area contributed by atoms with Gasteiger partial charge in [0.1, 0.15) is 5.82 Å². The molecule has 0 aliphatic carbocycles. The summed E-state index contributed by atoms with van der Waals surface area (Å²) in [5, 5.41) is 0. The number of hydrogen-bond donors (Lipinski definition) is 1. The fraction of sp³-hybridized carbons (Fsp3) is 0.333. The van der Waals surface area contributed by atoms with E-state index in [4.69, 9.17) is 5.73 Å². The number of anilines is 1. The van der Waals surface area contributed by atoms with Gasteiger partial charge in [-0.3, -0.25) is 0 Å². The van der Waals surface area contributed by atoms with E-state index < -0.39 is 0 Å². The molecule has 0 radical (unpaired) electrons. The second-order valence-electron chi connectivity index (χ2n) is 2.61. The predicted molar refractivity (Wildman–Crippen MR) is 44.9 cm³/mol. The molecule has 0 saturated heterocycles. The van der Waals surface area contributed by atoms with Crippen LogP contribution in [-0.2, 0) is 6.42 Å². The fourth-order valence-corrected chi connectivity index (χ4v) is 1.13. The summed E-state index contributed by atoms with van der Waals surface area (Å²) in [5.74, 6) is -0.274. The van der Waals surface area contributed by atoms with Crippen LogP contribution in [0, 0.1) is 12.7 Å². The van der Waals surface area contributed by atoms with Crippen molar-refractivity contribution in [2.75, 3.05) is 5.73 Å². The highest BCUT2D eigenvalue weighted by Crippen LogP contribution is 2.18. The lowest BCUT2D eigenvalue weighted by Gasteiger charge is -2.05. The summed E-state index contributed by atoms with van der Waals surface area (Å²) in [6, 6.07) is 3.48. The third kappa shape index (κ3) is 1.34. The van der Waals surface area contributed by atoms with Gasteiger partial charge >= 0.3 is 0 Å². The van der Waals surface area contributed by atoms with Crippen molar-refractivity contribution in [1.29, 1.82) is 0 Å². The second kappa shape index (κ2) is 2.91. The Morgan fingerprint density at radius 2 is 2.09 bits per heavy atom. The zero-order valence-corrected chi connectivity index (χ0v) is 6.82. The molecule has 1 aromatic rings. The fourth-order valence-electron chi connectivity index (χ4n) is 1.13. The van der Waals surface area contributed by atoms with Crippen LogP contribution in [0.1, 0.15) is 18.1 Å². The lowest BCUT2D eigenvalue weighted by molar-refractivity contribution is 0.620. The number of rotatable bonds is 1. The van der Waals surface area contributed by atoms with Gasteiger partial charge < -0.3 is 5.73 Å². The summed E-state index contributed by atoms with van der Waals surface area (Å²) < 4.78 is 13.1. The van der Waals surface area contributed by atoms with Crippen molar-refractivity contribution in [1.82, 2.24) is 0 Å². The molecule has 1 aromatic carbocycles. The normalized spacial score (nSPS) is 10.1. The summed E-state index contributed by atoms with van der Waals surface area (Å²) in [7, 11) is 0. The molecule has 0 unspecified atom stereocenters. The van der Waals surface area contributed by atoms with Crippen LogP contribution < -0.4 is 5.73 Å². The van der Waals surface area contributed by atoms with E-state index in [1.807, 2.05) is 13.0 Å². The molecule has 0 spiro atoms. The molecule has 0 saturated carbocycles. The van der Waals surface area contributed by atoms with Crippen molar-refractivity contribution >= 4 is 5.69 Å². The lowest BCUT2D eigenvalue weighted by atomic mass is 10.1. The average Bonchev–Trinajstić information content (AvgIpc) is 2.01. The molecule has 0 bridgehead atoms. The molecule has 1 nitrogen and oxygen atoms in total. The molecule has 0 heterocycles. The minimum absolute atomic E-state index is 0.236. The lowest BCUT2D eigenvalue weighted by Crippen LogP contribution is -1.96. The highest BCUT2D eigenvalue weighted by atomic mass is 19.1. The van der Waals surface area contributed by atoms with Crippen LogP contribution in [0.3, 0.4) is 0 Å². The maximum Gasteiger partial charge on any atom is 0.149 e. The topological polar surface area (TPSA) is 26.0 Å². The Kier molecular flexibility index (Phi) is 2.13. The Hall–Kier alpha value is -1.05. The summed E-state index contributed by atoms with van der Waals surface area (Å²) in [4.78, 5) is 0. The zero-order valence-electron chi connectivity index (χ0n) is 6.82. The minimum atomic E-state index is -0.274. The first-order chi connectivity index (χ1) is 5.16. The van der Waals surface area contributed by atoms with Crippen molar-refractivity contribution in [2.24, 2.45) is 0 Å². The second-order valence-corrected chi connectivity index (χ2v) is 2.61. The molecule has 0 aliphatic heterocycles. The van der Waals surface area contributed by atoms with E-state index in [-0.39, 0.29) is 11.5 Å². The number of hydrogen-bond acceptors (Lipinski definition) is 1. The van der Waals surface area contributed by atoms with Gasteiger partial charge in [-0.15, -0.1) is 0 Å². The highest BCUT2D eigenvalue weighted by molar-refractivity contribution is 5.46. The number of benzene rings is 1. The van der Waals surface area contributed by atoms with Gasteiger partial charge in [-0.05, 0) is 30.5 Å². The van der Waals surface area contributed by atoms with Gasteiger partial charge in [0.05, 0.1) is 5.69 Å². The van der Waals surface area contributed by atoms with Crippen molar-refractivity contribution < 1.29 is 4.39 Å². The maximum absolute atomic E-state index is 13.1. The van der Waals surface area contributed by atoms with Crippen molar-refractivity contribution in [3.63, 3.8) is 0 Å². The molecule has 2 N–H and O–H groups in total. The van der Waals surface area contributed by atoms with Gasteiger partial charge in [0, 0.05) is 0 Å². The van der Waals surface area contributed by atoms with Crippen LogP contribution in [-0.4, -0.2) is 0 Å². The zero-order chi connectivity index (χ0) is 8.43. The molecule has 60 valence electrons. The largest absolute Gasteiger partial charge is 0.396 e. The Bertz CT molecular complexity index is 269. The van der Waals surface area contributed by atoms with Gasteiger partial charge in [0.2, 0.25) is 0 Å². The van der Waals surface area contributed by atoms with Gasteiger partial charge in [-0.2, -0.15) is 0 Å². The third-order valence-corrected chi connectivity index (χ3v) is 1.91. The van der Waals surface area contributed by atoms with Crippen LogP contribution in [0.25, 0.3) is 0 Å². The highest BCUT2D eigenvalue weighted by Gasteiger charge is 2.04. The first kappa shape index (κ1) is 8.05. The first-order valence-electron chi connectivity index (χ1n) is 3.70. The SMILES string of the molecule is CCc1ccc(N)c(F)c1C. The predicted octanol–water partition coefficient (Wildman–Crippen LogP) is 2.28. The summed E-state index contributed by atoms with van der Waals surface area (Å²) in [5.41, 5.74) is 7.30. The molecule has 0 aliphatic rings.